The van der Waals surface area contributed by atoms with Gasteiger partial charge < -0.3 is 4.98 Å². The number of carbonyl (C=O) groups is 2. The van der Waals surface area contributed by atoms with Crippen LogP contribution < -0.4 is 0 Å². The molecule has 0 bridgehead atoms. The largest absolute Gasteiger partial charge is 0.358 e. The van der Waals surface area contributed by atoms with Gasteiger partial charge in [0.25, 0.3) is 5.91 Å². The first-order valence-corrected chi connectivity index (χ1v) is 8.30. The van der Waals surface area contributed by atoms with Gasteiger partial charge in [-0.1, -0.05) is 23.8 Å². The number of nitrogens with one attached hydrogen (secondary N) is 1. The van der Waals surface area contributed by atoms with Crippen molar-refractivity contribution in [3.63, 3.8) is 0 Å². The van der Waals surface area contributed by atoms with Gasteiger partial charge in [0.2, 0.25) is 5.91 Å². The minimum absolute atomic E-state index is 0.0316. The number of hydrazine groups is 1. The third-order valence-electron chi connectivity index (χ3n) is 4.34. The van der Waals surface area contributed by atoms with Gasteiger partial charge >= 0.3 is 0 Å². The van der Waals surface area contributed by atoms with E-state index in [0.29, 0.717) is 19.5 Å². The maximum atomic E-state index is 12.8. The number of para-hydroxylation sites is 1. The first kappa shape index (κ1) is 16.3. The van der Waals surface area contributed by atoms with Crippen LogP contribution >= 0.6 is 0 Å². The van der Waals surface area contributed by atoms with Gasteiger partial charge in [0.05, 0.1) is 6.42 Å². The van der Waals surface area contributed by atoms with Gasteiger partial charge in [-0.05, 0) is 38.8 Å². The number of amides is 2. The van der Waals surface area contributed by atoms with Crippen molar-refractivity contribution in [1.82, 2.24) is 15.0 Å². The van der Waals surface area contributed by atoms with Crippen molar-refractivity contribution in [3.8, 4) is 0 Å². The van der Waals surface area contributed by atoms with Crippen molar-refractivity contribution >= 4 is 22.7 Å². The molecule has 1 aliphatic heterocycles. The minimum Gasteiger partial charge on any atom is -0.358 e. The van der Waals surface area contributed by atoms with Gasteiger partial charge in [-0.2, -0.15) is 0 Å². The molecule has 0 spiro atoms. The van der Waals surface area contributed by atoms with E-state index in [-0.39, 0.29) is 11.8 Å². The maximum absolute atomic E-state index is 12.8. The predicted molar refractivity (Wildman–Crippen MR) is 94.2 cm³/mol. The number of hydrogen-bond acceptors (Lipinski definition) is 2. The van der Waals surface area contributed by atoms with E-state index in [1.54, 1.807) is 16.1 Å². The number of benzene rings is 1. The lowest BCUT2D eigenvalue weighted by Crippen LogP contribution is -2.45. The normalized spacial score (nSPS) is 14.3. The molecule has 5 nitrogen and oxygen atoms in total. The van der Waals surface area contributed by atoms with Gasteiger partial charge in [-0.15, -0.1) is 0 Å². The summed E-state index contributed by atoms with van der Waals surface area (Å²) in [6.45, 7) is 6.95. The third kappa shape index (κ3) is 3.07. The molecule has 2 aromatic rings. The number of allylic oxidation sites excluding steroid dienone is 1. The number of hydrogen-bond donors (Lipinski definition) is 1. The molecule has 5 heteroatoms. The summed E-state index contributed by atoms with van der Waals surface area (Å²) < 4.78 is 0. The Morgan fingerprint density at radius 3 is 2.62 bits per heavy atom. The zero-order chi connectivity index (χ0) is 17.3. The fourth-order valence-corrected chi connectivity index (χ4v) is 3.23. The molecule has 2 amide bonds. The van der Waals surface area contributed by atoms with E-state index in [4.69, 9.17) is 0 Å². The third-order valence-corrected chi connectivity index (χ3v) is 4.34. The Labute approximate surface area is 141 Å². The van der Waals surface area contributed by atoms with E-state index in [1.165, 1.54) is 0 Å². The number of nitrogens with zero attached hydrogens (tertiary/aromatic N) is 2. The van der Waals surface area contributed by atoms with E-state index < -0.39 is 0 Å². The summed E-state index contributed by atoms with van der Waals surface area (Å²) in [7, 11) is 0. The summed E-state index contributed by atoms with van der Waals surface area (Å²) in [5.74, 6) is -0.146. The van der Waals surface area contributed by atoms with Gasteiger partial charge in [-0.25, -0.2) is 5.01 Å². The number of aromatic amines is 1. The van der Waals surface area contributed by atoms with Gasteiger partial charge in [-0.3, -0.25) is 14.6 Å². The zero-order valence-electron chi connectivity index (χ0n) is 14.4. The topological polar surface area (TPSA) is 56.4 Å². The molecule has 1 aromatic carbocycles. The smallest absolute Gasteiger partial charge is 0.265 e. The Balaban J connectivity index is 1.82. The average molecular weight is 325 g/mol. The monoisotopic (exact) mass is 325 g/mol. The van der Waals surface area contributed by atoms with Crippen LogP contribution in [-0.2, 0) is 16.0 Å². The first-order valence-electron chi connectivity index (χ1n) is 8.30. The number of H-pyrrole nitrogens is 1. The van der Waals surface area contributed by atoms with Crippen molar-refractivity contribution in [2.45, 2.75) is 33.6 Å². The summed E-state index contributed by atoms with van der Waals surface area (Å²) in [5, 5.41) is 4.24. The van der Waals surface area contributed by atoms with Gasteiger partial charge in [0.1, 0.15) is 0 Å². The van der Waals surface area contributed by atoms with Crippen molar-refractivity contribution in [2.75, 3.05) is 13.1 Å². The molecule has 1 aliphatic rings. The Bertz CT molecular complexity index is 815. The molecule has 0 radical (unpaired) electrons. The Morgan fingerprint density at radius 1 is 1.17 bits per heavy atom. The summed E-state index contributed by atoms with van der Waals surface area (Å²) in [6, 6.07) is 7.99. The highest BCUT2D eigenvalue weighted by Gasteiger charge is 2.30. The fraction of sp³-hybridized carbons (Fsp3) is 0.368. The quantitative estimate of drug-likeness (QED) is 0.882. The van der Waals surface area contributed by atoms with E-state index in [1.807, 2.05) is 45.0 Å². The van der Waals surface area contributed by atoms with Crippen molar-refractivity contribution < 1.29 is 9.59 Å². The van der Waals surface area contributed by atoms with Crippen LogP contribution in [0.25, 0.3) is 10.9 Å². The highest BCUT2D eigenvalue weighted by molar-refractivity contribution is 5.93. The van der Waals surface area contributed by atoms with Crippen LogP contribution in [0, 0.1) is 6.92 Å². The number of rotatable bonds is 3. The molecule has 0 unspecified atom stereocenters. The Hall–Kier alpha value is -2.56. The van der Waals surface area contributed by atoms with Crippen LogP contribution in [0.3, 0.4) is 0 Å². The summed E-state index contributed by atoms with van der Waals surface area (Å²) in [6.07, 6.45) is 2.71. The molecule has 24 heavy (non-hydrogen) atoms. The molecule has 1 aromatic heterocycles. The minimum atomic E-state index is -0.114. The van der Waals surface area contributed by atoms with Crippen LogP contribution in [0.15, 0.2) is 35.9 Å². The highest BCUT2D eigenvalue weighted by atomic mass is 16.2. The maximum Gasteiger partial charge on any atom is 0.265 e. The lowest BCUT2D eigenvalue weighted by molar-refractivity contribution is -0.154. The van der Waals surface area contributed by atoms with E-state index in [2.05, 4.69) is 4.98 Å². The molecule has 2 heterocycles. The molecular weight excluding hydrogens is 302 g/mol. The molecule has 3 rings (SSSR count). The highest BCUT2D eigenvalue weighted by Crippen LogP contribution is 2.24. The van der Waals surface area contributed by atoms with Crippen molar-refractivity contribution in [3.05, 3.63) is 47.2 Å². The number of carbonyl (C=O) groups excluding carboxylic acids is 2. The molecule has 1 saturated heterocycles. The van der Waals surface area contributed by atoms with Crippen LogP contribution in [0.4, 0.5) is 0 Å². The molecular formula is C19H23N3O2. The Morgan fingerprint density at radius 2 is 1.88 bits per heavy atom. The predicted octanol–water partition coefficient (Wildman–Crippen LogP) is 2.96. The second-order valence-corrected chi connectivity index (χ2v) is 6.50. The van der Waals surface area contributed by atoms with Crippen LogP contribution in [0.5, 0.6) is 0 Å². The average Bonchev–Trinajstić information content (AvgIpc) is 3.12. The zero-order valence-corrected chi connectivity index (χ0v) is 14.4. The Kier molecular flexibility index (Phi) is 4.42. The first-order chi connectivity index (χ1) is 11.5. The van der Waals surface area contributed by atoms with Crippen molar-refractivity contribution in [1.29, 1.82) is 0 Å². The molecule has 0 atom stereocenters. The summed E-state index contributed by atoms with van der Waals surface area (Å²) in [5.41, 5.74) is 3.99. The standard InChI is InChI=1S/C19H23N3O2/c1-13(2)11-18(23)21-9-6-10-22(21)19(24)12-16-14(3)20-17-8-5-4-7-15(16)17/h4-5,7-8,11,20H,6,9-10,12H2,1-3H3. The van der Waals surface area contributed by atoms with Crippen LogP contribution in [0.2, 0.25) is 0 Å². The molecule has 0 saturated carbocycles. The lowest BCUT2D eigenvalue weighted by atomic mass is 10.1. The van der Waals surface area contributed by atoms with E-state index >= 15 is 0 Å². The number of aryl methyl sites for hydroxylation is 1. The summed E-state index contributed by atoms with van der Waals surface area (Å²) in [4.78, 5) is 28.4. The molecule has 1 N–H and O–H groups in total. The SMILES string of the molecule is CC(C)=CC(=O)N1CCCN1C(=O)Cc1c(C)[nH]c2ccccc12. The second-order valence-electron chi connectivity index (χ2n) is 6.50. The van der Waals surface area contributed by atoms with Gasteiger partial charge in [0, 0.05) is 35.8 Å². The molecule has 126 valence electrons. The molecule has 1 fully saturated rings. The van der Waals surface area contributed by atoms with E-state index in [9.17, 15) is 9.59 Å². The van der Waals surface area contributed by atoms with Crippen LogP contribution in [-0.4, -0.2) is 39.9 Å². The lowest BCUT2D eigenvalue weighted by Gasteiger charge is -2.27. The number of fused-ring (bicyclic) bond motifs is 1. The molecule has 0 aliphatic carbocycles. The van der Waals surface area contributed by atoms with Crippen LogP contribution in [0.1, 0.15) is 31.5 Å². The van der Waals surface area contributed by atoms with Gasteiger partial charge in [0.15, 0.2) is 0 Å². The second kappa shape index (κ2) is 6.51. The van der Waals surface area contributed by atoms with Crippen molar-refractivity contribution in [2.24, 2.45) is 0 Å². The number of aromatic nitrogens is 1. The van der Waals surface area contributed by atoms with E-state index in [0.717, 1.165) is 34.2 Å². The fourth-order valence-electron chi connectivity index (χ4n) is 3.23. The summed E-state index contributed by atoms with van der Waals surface area (Å²) >= 11 is 0.